The summed E-state index contributed by atoms with van der Waals surface area (Å²) in [5, 5.41) is 17.9. The number of carbonyl (C=O) groups is 3. The van der Waals surface area contributed by atoms with E-state index in [1.54, 1.807) is 0 Å². The zero-order valence-corrected chi connectivity index (χ0v) is 22.7. The maximum Gasteiger partial charge on any atom is 0.407 e. The minimum absolute atomic E-state index is 0.0443. The number of rotatable bonds is 14. The lowest BCUT2D eigenvalue weighted by molar-refractivity contribution is -0.126. The highest BCUT2D eigenvalue weighted by molar-refractivity contribution is 7.86. The normalized spacial score (nSPS) is 20.5. The molecule has 13 heteroatoms. The molecule has 218 valence electrons. The molecule has 1 aliphatic carbocycles. The molecule has 3 rings (SSSR count). The first-order chi connectivity index (χ1) is 18.6. The number of benzene rings is 1. The molecule has 0 radical (unpaired) electrons. The number of amides is 3. The third-order valence-corrected chi connectivity index (χ3v) is 8.09. The predicted molar refractivity (Wildman–Crippen MR) is 141 cm³/mol. The summed E-state index contributed by atoms with van der Waals surface area (Å²) in [6.45, 7) is 0.846. The van der Waals surface area contributed by atoms with Crippen LogP contribution < -0.4 is 16.0 Å². The van der Waals surface area contributed by atoms with E-state index in [9.17, 15) is 32.5 Å². The Bertz CT molecular complexity index is 1050. The van der Waals surface area contributed by atoms with E-state index in [4.69, 9.17) is 9.47 Å². The molecule has 1 saturated heterocycles. The van der Waals surface area contributed by atoms with Crippen molar-refractivity contribution in [3.8, 4) is 0 Å². The summed E-state index contributed by atoms with van der Waals surface area (Å²) in [7, 11) is -4.94. The number of carbonyl (C=O) groups excluding carboxylic acids is 3. The zero-order valence-electron chi connectivity index (χ0n) is 21.9. The van der Waals surface area contributed by atoms with Crippen LogP contribution >= 0.6 is 0 Å². The fraction of sp³-hybridized carbons (Fsp3) is 0.654. The number of hydrogen-bond donors (Lipinski definition) is 5. The van der Waals surface area contributed by atoms with Gasteiger partial charge in [0.1, 0.15) is 12.6 Å². The molecule has 2 fully saturated rings. The van der Waals surface area contributed by atoms with Crippen LogP contribution in [0.25, 0.3) is 0 Å². The van der Waals surface area contributed by atoms with Gasteiger partial charge in [0.05, 0.1) is 19.3 Å². The van der Waals surface area contributed by atoms with Gasteiger partial charge in [-0.25, -0.2) is 4.79 Å². The van der Waals surface area contributed by atoms with Crippen LogP contribution in [0, 0.1) is 11.8 Å². The fourth-order valence-corrected chi connectivity index (χ4v) is 5.64. The lowest BCUT2D eigenvalue weighted by Crippen LogP contribution is -2.55. The Hall–Kier alpha value is -2.74. The van der Waals surface area contributed by atoms with Crippen molar-refractivity contribution in [1.82, 2.24) is 16.0 Å². The quantitative estimate of drug-likeness (QED) is 0.164. The van der Waals surface area contributed by atoms with Crippen LogP contribution in [-0.2, 0) is 35.8 Å². The highest BCUT2D eigenvalue weighted by atomic mass is 32.2. The fourth-order valence-electron chi connectivity index (χ4n) is 5.04. The van der Waals surface area contributed by atoms with Crippen LogP contribution in [0.5, 0.6) is 0 Å². The Morgan fingerprint density at radius 2 is 1.74 bits per heavy atom. The van der Waals surface area contributed by atoms with Crippen LogP contribution in [0.2, 0.25) is 0 Å². The van der Waals surface area contributed by atoms with E-state index in [0.717, 1.165) is 37.7 Å². The van der Waals surface area contributed by atoms with Crippen molar-refractivity contribution >= 4 is 28.0 Å². The Morgan fingerprint density at radius 3 is 2.38 bits per heavy atom. The van der Waals surface area contributed by atoms with E-state index < -0.39 is 45.6 Å². The van der Waals surface area contributed by atoms with E-state index in [0.29, 0.717) is 26.0 Å². The van der Waals surface area contributed by atoms with E-state index in [-0.39, 0.29) is 31.5 Å². The van der Waals surface area contributed by atoms with Crippen molar-refractivity contribution in [3.05, 3.63) is 35.9 Å². The van der Waals surface area contributed by atoms with Crippen LogP contribution in [-0.4, -0.2) is 73.3 Å². The number of ether oxygens (including phenoxy) is 2. The first-order valence-electron chi connectivity index (χ1n) is 13.4. The molecule has 2 aliphatic rings. The molecular formula is C26H39N3O9S. The van der Waals surface area contributed by atoms with Gasteiger partial charge in [-0.2, -0.15) is 8.42 Å². The van der Waals surface area contributed by atoms with Gasteiger partial charge < -0.3 is 30.5 Å². The molecular weight excluding hydrogens is 530 g/mol. The van der Waals surface area contributed by atoms with Crippen molar-refractivity contribution in [3.63, 3.8) is 0 Å². The second-order valence-corrected chi connectivity index (χ2v) is 11.7. The minimum atomic E-state index is -4.94. The molecule has 1 aliphatic heterocycles. The predicted octanol–water partition coefficient (Wildman–Crippen LogP) is 1.49. The highest BCUT2D eigenvalue weighted by Crippen LogP contribution is 2.28. The molecule has 1 aromatic rings. The summed E-state index contributed by atoms with van der Waals surface area (Å²) in [5.74, 6) is -1.54. The smallest absolute Gasteiger partial charge is 0.407 e. The van der Waals surface area contributed by atoms with E-state index >= 15 is 0 Å². The summed E-state index contributed by atoms with van der Waals surface area (Å²) >= 11 is 0. The molecule has 3 amide bonds. The highest BCUT2D eigenvalue weighted by Gasteiger charge is 2.38. The Kier molecular flexibility index (Phi) is 12.0. The van der Waals surface area contributed by atoms with E-state index in [1.165, 1.54) is 0 Å². The average molecular weight is 570 g/mol. The third-order valence-electron chi connectivity index (χ3n) is 7.15. The maximum atomic E-state index is 13.3. The lowest BCUT2D eigenvalue weighted by Gasteiger charge is -2.29. The van der Waals surface area contributed by atoms with Gasteiger partial charge in [0.2, 0.25) is 17.3 Å². The van der Waals surface area contributed by atoms with Gasteiger partial charge in [0.25, 0.3) is 10.1 Å². The Balaban J connectivity index is 1.59. The van der Waals surface area contributed by atoms with Gasteiger partial charge in [-0.15, -0.1) is 0 Å². The van der Waals surface area contributed by atoms with Crippen molar-refractivity contribution in [2.24, 2.45) is 11.8 Å². The molecule has 1 heterocycles. The molecule has 0 bridgehead atoms. The van der Waals surface area contributed by atoms with Crippen LogP contribution in [0.3, 0.4) is 0 Å². The molecule has 0 aromatic heterocycles. The average Bonchev–Trinajstić information content (AvgIpc) is 3.32. The van der Waals surface area contributed by atoms with Crippen molar-refractivity contribution < 1.29 is 41.9 Å². The summed E-state index contributed by atoms with van der Waals surface area (Å²) in [4.78, 5) is 37.9. The number of aliphatic hydroxyl groups is 1. The van der Waals surface area contributed by atoms with Gasteiger partial charge >= 0.3 is 6.09 Å². The topological polar surface area (TPSA) is 180 Å². The second kappa shape index (κ2) is 15.2. The number of alkyl carbamates (subject to hydrolysis) is 1. The molecule has 0 spiro atoms. The summed E-state index contributed by atoms with van der Waals surface area (Å²) in [6.07, 6.45) is 4.52. The summed E-state index contributed by atoms with van der Waals surface area (Å²) in [6, 6.07) is 6.97. The standard InChI is InChI=1S/C26H39N3O9S/c30-23-20(11-12-27-23)16-22(25(32)39(34,35)36)28-24(31)21(15-18-7-3-1-4-8-18)29-26(33)38-14-13-37-17-19-9-5-2-6-10-19/h2,5-6,9-10,18,20-22,25,32H,1,3-4,7-8,11-17H2,(H,27,30)(H,28,31)(H,29,33)(H,34,35,36)/t20-,21-,22-,25?/m0/s1. The van der Waals surface area contributed by atoms with Gasteiger partial charge in [0.15, 0.2) is 0 Å². The van der Waals surface area contributed by atoms with Crippen molar-refractivity contribution in [2.75, 3.05) is 19.8 Å². The minimum Gasteiger partial charge on any atom is -0.447 e. The Labute approximate surface area is 229 Å². The van der Waals surface area contributed by atoms with Crippen LogP contribution in [0.1, 0.15) is 56.9 Å². The molecule has 5 N–H and O–H groups in total. The SMILES string of the molecule is O=C(N[C@@H](CC1CCCCC1)C(=O)N[C@@H](C[C@@H]1CCNC1=O)C(O)S(=O)(=O)O)OCCOCc1ccccc1. The van der Waals surface area contributed by atoms with Gasteiger partial charge in [-0.05, 0) is 30.7 Å². The summed E-state index contributed by atoms with van der Waals surface area (Å²) in [5.41, 5.74) is -1.36. The Morgan fingerprint density at radius 1 is 1.03 bits per heavy atom. The third kappa shape index (κ3) is 10.4. The van der Waals surface area contributed by atoms with E-state index in [2.05, 4.69) is 16.0 Å². The van der Waals surface area contributed by atoms with Gasteiger partial charge in [-0.1, -0.05) is 62.4 Å². The maximum absolute atomic E-state index is 13.3. The molecule has 39 heavy (non-hydrogen) atoms. The molecule has 1 aromatic carbocycles. The monoisotopic (exact) mass is 569 g/mol. The first-order valence-corrected chi connectivity index (χ1v) is 14.9. The van der Waals surface area contributed by atoms with Crippen LogP contribution in [0.15, 0.2) is 30.3 Å². The van der Waals surface area contributed by atoms with E-state index in [1.807, 2.05) is 30.3 Å². The number of nitrogens with one attached hydrogen (secondary N) is 3. The molecule has 12 nitrogen and oxygen atoms in total. The number of hydrogen-bond acceptors (Lipinski definition) is 8. The van der Waals surface area contributed by atoms with Crippen molar-refractivity contribution in [2.45, 2.75) is 75.5 Å². The number of aliphatic hydroxyl groups excluding tert-OH is 1. The molecule has 1 saturated carbocycles. The van der Waals surface area contributed by atoms with Crippen molar-refractivity contribution in [1.29, 1.82) is 0 Å². The zero-order chi connectivity index (χ0) is 28.3. The largest absolute Gasteiger partial charge is 0.447 e. The lowest BCUT2D eigenvalue weighted by atomic mass is 9.84. The summed E-state index contributed by atoms with van der Waals surface area (Å²) < 4.78 is 43.5. The van der Waals surface area contributed by atoms with Gasteiger partial charge in [0, 0.05) is 12.5 Å². The van der Waals surface area contributed by atoms with Gasteiger partial charge in [-0.3, -0.25) is 14.1 Å². The molecule has 4 atom stereocenters. The second-order valence-electron chi connectivity index (χ2n) is 10.1. The van der Waals surface area contributed by atoms with Crippen LogP contribution in [0.4, 0.5) is 4.79 Å². The first kappa shape index (κ1) is 30.8. The molecule has 1 unspecified atom stereocenters.